The number of sulfone groups is 1. The first-order chi connectivity index (χ1) is 16.2. The van der Waals surface area contributed by atoms with Crippen LogP contribution in [-0.4, -0.2) is 17.8 Å². The average Bonchev–Trinajstić information content (AvgIpc) is 2.81. The van der Waals surface area contributed by atoms with E-state index in [-0.39, 0.29) is 16.3 Å². The van der Waals surface area contributed by atoms with E-state index in [0.717, 1.165) is 17.2 Å². The zero-order valence-corrected chi connectivity index (χ0v) is 20.6. The minimum absolute atomic E-state index is 0.0745. The molecule has 0 aliphatic carbocycles. The summed E-state index contributed by atoms with van der Waals surface area (Å²) in [5, 5.41) is 9.74. The standard InChI is InChI=1S/C25H18BrN3O4S/c1-16-6-3-4-8-22(16)33-24-21(25(30)29-13-5-7-17(2)23(29)28-24)14-20(15-27)34(31,32)19-11-9-18(26)10-12-19/h3-14H,1-2H3. The summed E-state index contributed by atoms with van der Waals surface area (Å²) >= 11 is 3.26. The van der Waals surface area contributed by atoms with Gasteiger partial charge in [0, 0.05) is 10.7 Å². The van der Waals surface area contributed by atoms with Gasteiger partial charge in [-0.05, 0) is 67.4 Å². The summed E-state index contributed by atoms with van der Waals surface area (Å²) in [5.74, 6) is 0.364. The SMILES string of the molecule is Cc1ccccc1Oc1nc2c(C)cccn2c(=O)c1C=C(C#N)S(=O)(=O)c1ccc(Br)cc1. The third kappa shape index (κ3) is 4.38. The highest BCUT2D eigenvalue weighted by Gasteiger charge is 2.24. The van der Waals surface area contributed by atoms with Crippen LogP contribution in [-0.2, 0) is 9.84 Å². The highest BCUT2D eigenvalue weighted by Crippen LogP contribution is 2.29. The number of benzene rings is 2. The number of hydrogen-bond donors (Lipinski definition) is 0. The lowest BCUT2D eigenvalue weighted by molar-refractivity contribution is 0.457. The van der Waals surface area contributed by atoms with Gasteiger partial charge >= 0.3 is 0 Å². The number of nitriles is 1. The van der Waals surface area contributed by atoms with Crippen LogP contribution in [0.5, 0.6) is 11.6 Å². The molecule has 0 amide bonds. The molecule has 0 atom stereocenters. The summed E-state index contributed by atoms with van der Waals surface area (Å²) in [6.45, 7) is 3.64. The van der Waals surface area contributed by atoms with Gasteiger partial charge in [-0.2, -0.15) is 10.2 Å². The average molecular weight is 536 g/mol. The van der Waals surface area contributed by atoms with Gasteiger partial charge in [0.25, 0.3) is 5.56 Å². The van der Waals surface area contributed by atoms with Crippen LogP contribution >= 0.6 is 15.9 Å². The van der Waals surface area contributed by atoms with Gasteiger partial charge in [0.15, 0.2) is 0 Å². The van der Waals surface area contributed by atoms with Crippen molar-refractivity contribution in [2.24, 2.45) is 0 Å². The number of aryl methyl sites for hydroxylation is 2. The Balaban J connectivity index is 1.98. The maximum absolute atomic E-state index is 13.4. The summed E-state index contributed by atoms with van der Waals surface area (Å²) < 4.78 is 34.3. The van der Waals surface area contributed by atoms with Crippen LogP contribution in [0.3, 0.4) is 0 Å². The number of fused-ring (bicyclic) bond motifs is 1. The largest absolute Gasteiger partial charge is 0.438 e. The van der Waals surface area contributed by atoms with Crippen LogP contribution in [0.2, 0.25) is 0 Å². The van der Waals surface area contributed by atoms with Crippen molar-refractivity contribution in [3.63, 3.8) is 0 Å². The normalized spacial score (nSPS) is 11.9. The Labute approximate surface area is 204 Å². The number of hydrogen-bond acceptors (Lipinski definition) is 6. The van der Waals surface area contributed by atoms with Crippen molar-refractivity contribution in [2.45, 2.75) is 18.7 Å². The van der Waals surface area contributed by atoms with E-state index in [1.165, 1.54) is 22.7 Å². The van der Waals surface area contributed by atoms with Crippen LogP contribution < -0.4 is 10.3 Å². The second kappa shape index (κ2) is 9.25. The molecule has 0 radical (unpaired) electrons. The summed E-state index contributed by atoms with van der Waals surface area (Å²) in [6, 6.07) is 18.3. The second-order valence-corrected chi connectivity index (χ2v) is 10.3. The smallest absolute Gasteiger partial charge is 0.269 e. The van der Waals surface area contributed by atoms with E-state index in [1.807, 2.05) is 19.1 Å². The van der Waals surface area contributed by atoms with Gasteiger partial charge in [-0.25, -0.2) is 8.42 Å². The highest BCUT2D eigenvalue weighted by atomic mass is 79.9. The minimum atomic E-state index is -4.19. The molecule has 170 valence electrons. The van der Waals surface area contributed by atoms with Crippen molar-refractivity contribution in [3.05, 3.63) is 103 Å². The van der Waals surface area contributed by atoms with Crippen molar-refractivity contribution in [1.82, 2.24) is 9.38 Å². The molecule has 4 rings (SSSR count). The van der Waals surface area contributed by atoms with Crippen molar-refractivity contribution in [1.29, 1.82) is 5.26 Å². The fourth-order valence-corrected chi connectivity index (χ4v) is 4.72. The van der Waals surface area contributed by atoms with E-state index in [9.17, 15) is 18.5 Å². The maximum Gasteiger partial charge on any atom is 0.269 e. The zero-order chi connectivity index (χ0) is 24.5. The summed E-state index contributed by atoms with van der Waals surface area (Å²) in [4.78, 5) is 17.3. The van der Waals surface area contributed by atoms with Gasteiger partial charge in [-0.1, -0.05) is 40.2 Å². The summed E-state index contributed by atoms with van der Waals surface area (Å²) in [5.41, 5.74) is 1.18. The Morgan fingerprint density at radius 1 is 1.06 bits per heavy atom. The highest BCUT2D eigenvalue weighted by molar-refractivity contribution is 9.10. The second-order valence-electron chi connectivity index (χ2n) is 7.47. The van der Waals surface area contributed by atoms with Gasteiger partial charge in [-0.3, -0.25) is 9.20 Å². The molecule has 0 aliphatic rings. The number of allylic oxidation sites excluding steroid dienone is 1. The van der Waals surface area contributed by atoms with Crippen molar-refractivity contribution >= 4 is 37.5 Å². The topological polar surface area (TPSA) is 102 Å². The van der Waals surface area contributed by atoms with Crippen molar-refractivity contribution < 1.29 is 13.2 Å². The third-order valence-corrected chi connectivity index (χ3v) is 7.36. The van der Waals surface area contributed by atoms with E-state index in [2.05, 4.69) is 20.9 Å². The first-order valence-corrected chi connectivity index (χ1v) is 12.4. The van der Waals surface area contributed by atoms with Crippen LogP contribution in [0.25, 0.3) is 11.7 Å². The fourth-order valence-electron chi connectivity index (χ4n) is 3.31. The predicted octanol–water partition coefficient (Wildman–Crippen LogP) is 5.20. The molecule has 0 fully saturated rings. The maximum atomic E-state index is 13.4. The molecule has 0 spiro atoms. The zero-order valence-electron chi connectivity index (χ0n) is 18.2. The number of rotatable bonds is 5. The number of ether oxygens (including phenoxy) is 1. The van der Waals surface area contributed by atoms with E-state index >= 15 is 0 Å². The van der Waals surface area contributed by atoms with Crippen LogP contribution in [0.1, 0.15) is 16.7 Å². The first-order valence-electron chi connectivity index (χ1n) is 10.1. The van der Waals surface area contributed by atoms with E-state index in [1.54, 1.807) is 49.4 Å². The van der Waals surface area contributed by atoms with Gasteiger partial charge in [0.05, 0.1) is 4.90 Å². The van der Waals surface area contributed by atoms with E-state index < -0.39 is 20.3 Å². The lowest BCUT2D eigenvalue weighted by Gasteiger charge is -2.13. The van der Waals surface area contributed by atoms with Gasteiger partial charge in [0.1, 0.15) is 27.9 Å². The minimum Gasteiger partial charge on any atom is -0.438 e. The quantitative estimate of drug-likeness (QED) is 0.325. The number of pyridine rings is 1. The molecular weight excluding hydrogens is 518 g/mol. The van der Waals surface area contributed by atoms with Crippen LogP contribution in [0.15, 0.2) is 85.9 Å². The number of aromatic nitrogens is 2. The molecule has 0 unspecified atom stereocenters. The molecule has 2 aromatic heterocycles. The molecule has 9 heteroatoms. The molecule has 0 bridgehead atoms. The Bertz CT molecular complexity index is 1650. The summed E-state index contributed by atoms with van der Waals surface area (Å²) in [6.07, 6.45) is 2.55. The molecular formula is C25H18BrN3O4S. The molecule has 0 saturated carbocycles. The monoisotopic (exact) mass is 535 g/mol. The number of nitrogens with zero attached hydrogens (tertiary/aromatic N) is 3. The van der Waals surface area contributed by atoms with Gasteiger partial charge in [-0.15, -0.1) is 0 Å². The third-order valence-electron chi connectivity index (χ3n) is 5.15. The number of para-hydroxylation sites is 1. The Morgan fingerprint density at radius 3 is 2.41 bits per heavy atom. The van der Waals surface area contributed by atoms with Crippen LogP contribution in [0.4, 0.5) is 0 Å². The Kier molecular flexibility index (Phi) is 6.37. The first kappa shape index (κ1) is 23.4. The molecule has 0 N–H and O–H groups in total. The van der Waals surface area contributed by atoms with Crippen molar-refractivity contribution in [2.75, 3.05) is 0 Å². The van der Waals surface area contributed by atoms with Crippen LogP contribution in [0, 0.1) is 25.2 Å². The Hall–Kier alpha value is -3.74. The molecule has 2 aromatic carbocycles. The molecule has 2 heterocycles. The van der Waals surface area contributed by atoms with Gasteiger partial charge in [0.2, 0.25) is 15.7 Å². The van der Waals surface area contributed by atoms with E-state index in [0.29, 0.717) is 15.9 Å². The molecule has 0 aliphatic heterocycles. The number of halogens is 1. The lowest BCUT2D eigenvalue weighted by Crippen LogP contribution is -2.20. The lowest BCUT2D eigenvalue weighted by atomic mass is 10.2. The molecule has 4 aromatic rings. The molecule has 0 saturated heterocycles. The molecule has 7 nitrogen and oxygen atoms in total. The van der Waals surface area contributed by atoms with E-state index in [4.69, 9.17) is 4.74 Å². The predicted molar refractivity (Wildman–Crippen MR) is 132 cm³/mol. The van der Waals surface area contributed by atoms with Gasteiger partial charge < -0.3 is 4.74 Å². The summed E-state index contributed by atoms with van der Waals surface area (Å²) in [7, 11) is -4.19. The Morgan fingerprint density at radius 2 is 1.74 bits per heavy atom. The fraction of sp³-hybridized carbons (Fsp3) is 0.0800. The molecule has 34 heavy (non-hydrogen) atoms. The van der Waals surface area contributed by atoms with Crippen molar-refractivity contribution in [3.8, 4) is 17.7 Å².